The van der Waals surface area contributed by atoms with Crippen LogP contribution >= 0.6 is 11.3 Å². The Morgan fingerprint density at radius 2 is 2.05 bits per heavy atom. The largest absolute Gasteiger partial charge is 0.477 e. The molecule has 1 fully saturated rings. The Hall–Kier alpha value is -1.10. The van der Waals surface area contributed by atoms with Crippen molar-refractivity contribution >= 4 is 22.4 Å². The van der Waals surface area contributed by atoms with Gasteiger partial charge in [-0.2, -0.15) is 0 Å². The maximum Gasteiger partial charge on any atom is 0.347 e. The summed E-state index contributed by atoms with van der Waals surface area (Å²) >= 11 is 1.31. The molecule has 106 valence electrons. The molecule has 1 aliphatic heterocycles. The van der Waals surface area contributed by atoms with Crippen molar-refractivity contribution in [3.63, 3.8) is 0 Å². The van der Waals surface area contributed by atoms with E-state index in [-0.39, 0.29) is 11.0 Å². The van der Waals surface area contributed by atoms with E-state index in [4.69, 9.17) is 0 Å². The monoisotopic (exact) mass is 282 g/mol. The van der Waals surface area contributed by atoms with Crippen molar-refractivity contribution in [3.8, 4) is 0 Å². The summed E-state index contributed by atoms with van der Waals surface area (Å²) in [7, 11) is 0. The number of aromatic nitrogens is 1. The lowest BCUT2D eigenvalue weighted by molar-refractivity contribution is 0.0699. The van der Waals surface area contributed by atoms with Gasteiger partial charge in [0.05, 0.1) is 5.69 Å². The maximum atomic E-state index is 11.4. The minimum Gasteiger partial charge on any atom is -0.477 e. The molecule has 2 rings (SSSR count). The van der Waals surface area contributed by atoms with E-state index in [1.165, 1.54) is 11.3 Å². The van der Waals surface area contributed by atoms with Gasteiger partial charge in [-0.15, -0.1) is 0 Å². The SMILES string of the molecule is CC(C)(C)c1nc(N2CCCC2(C)C)sc1C(=O)O. The second-order valence-corrected chi connectivity index (χ2v) is 7.77. The minimum absolute atomic E-state index is 0.0722. The molecule has 1 saturated heterocycles. The summed E-state index contributed by atoms with van der Waals surface area (Å²) in [5, 5.41) is 10.2. The van der Waals surface area contributed by atoms with E-state index in [2.05, 4.69) is 23.7 Å². The van der Waals surface area contributed by atoms with Gasteiger partial charge in [0.15, 0.2) is 5.13 Å². The molecule has 0 radical (unpaired) electrons. The fraction of sp³-hybridized carbons (Fsp3) is 0.714. The zero-order valence-electron chi connectivity index (χ0n) is 12.3. The van der Waals surface area contributed by atoms with Crippen molar-refractivity contribution in [3.05, 3.63) is 10.6 Å². The topological polar surface area (TPSA) is 53.4 Å². The first-order chi connectivity index (χ1) is 8.63. The highest BCUT2D eigenvalue weighted by atomic mass is 32.1. The molecule has 0 atom stereocenters. The summed E-state index contributed by atoms with van der Waals surface area (Å²) in [4.78, 5) is 18.7. The summed E-state index contributed by atoms with van der Waals surface area (Å²) < 4.78 is 0. The highest BCUT2D eigenvalue weighted by molar-refractivity contribution is 7.17. The number of hydrogen-bond donors (Lipinski definition) is 1. The number of aromatic carboxylic acids is 1. The van der Waals surface area contributed by atoms with Crippen LogP contribution in [0.5, 0.6) is 0 Å². The number of thiazole rings is 1. The molecule has 4 nitrogen and oxygen atoms in total. The van der Waals surface area contributed by atoms with Crippen LogP contribution in [0.25, 0.3) is 0 Å². The highest BCUT2D eigenvalue weighted by Gasteiger charge is 2.36. The predicted octanol–water partition coefficient (Wildman–Crippen LogP) is 3.52. The van der Waals surface area contributed by atoms with Gasteiger partial charge in [-0.3, -0.25) is 0 Å². The number of carbonyl (C=O) groups is 1. The smallest absolute Gasteiger partial charge is 0.347 e. The molecule has 1 N–H and O–H groups in total. The lowest BCUT2D eigenvalue weighted by Crippen LogP contribution is -2.38. The predicted molar refractivity (Wildman–Crippen MR) is 78.4 cm³/mol. The van der Waals surface area contributed by atoms with Crippen molar-refractivity contribution in [1.29, 1.82) is 0 Å². The van der Waals surface area contributed by atoms with Crippen LogP contribution < -0.4 is 4.90 Å². The third-order valence-corrected chi connectivity index (χ3v) is 4.72. The summed E-state index contributed by atoms with van der Waals surface area (Å²) in [6.45, 7) is 11.4. The van der Waals surface area contributed by atoms with Crippen molar-refractivity contribution in [2.24, 2.45) is 0 Å². The Morgan fingerprint density at radius 1 is 1.42 bits per heavy atom. The van der Waals surface area contributed by atoms with Crippen LogP contribution in [0.3, 0.4) is 0 Å². The number of anilines is 1. The Kier molecular flexibility index (Phi) is 3.37. The van der Waals surface area contributed by atoms with Crippen LogP contribution in [0.4, 0.5) is 5.13 Å². The van der Waals surface area contributed by atoms with Crippen LogP contribution in [0.1, 0.15) is 62.8 Å². The van der Waals surface area contributed by atoms with E-state index in [1.807, 2.05) is 20.8 Å². The molecule has 0 aromatic carbocycles. The van der Waals surface area contributed by atoms with Crippen molar-refractivity contribution < 1.29 is 9.90 Å². The number of nitrogens with zero attached hydrogens (tertiary/aromatic N) is 2. The van der Waals surface area contributed by atoms with Crippen LogP contribution in [-0.4, -0.2) is 28.1 Å². The van der Waals surface area contributed by atoms with E-state index in [1.54, 1.807) is 0 Å². The number of hydrogen-bond acceptors (Lipinski definition) is 4. The van der Waals surface area contributed by atoms with Crippen LogP contribution in [-0.2, 0) is 5.41 Å². The lowest BCUT2D eigenvalue weighted by atomic mass is 9.91. The molecule has 0 unspecified atom stereocenters. The first-order valence-electron chi connectivity index (χ1n) is 6.65. The van der Waals surface area contributed by atoms with E-state index >= 15 is 0 Å². The van der Waals surface area contributed by atoms with Gasteiger partial charge in [-0.1, -0.05) is 32.1 Å². The molecule has 1 aromatic heterocycles. The van der Waals surface area contributed by atoms with Gasteiger partial charge in [0, 0.05) is 17.5 Å². The molecular weight excluding hydrogens is 260 g/mol. The second-order valence-electron chi connectivity index (χ2n) is 6.80. The maximum absolute atomic E-state index is 11.4. The molecule has 0 spiro atoms. The van der Waals surface area contributed by atoms with Crippen molar-refractivity contribution in [2.45, 2.75) is 58.4 Å². The average molecular weight is 282 g/mol. The molecule has 1 aromatic rings. The van der Waals surface area contributed by atoms with E-state index in [0.717, 1.165) is 24.5 Å². The normalized spacial score (nSPS) is 18.9. The van der Waals surface area contributed by atoms with Gasteiger partial charge in [-0.25, -0.2) is 9.78 Å². The van der Waals surface area contributed by atoms with Crippen LogP contribution in [0.2, 0.25) is 0 Å². The van der Waals surface area contributed by atoms with Gasteiger partial charge < -0.3 is 10.0 Å². The molecule has 19 heavy (non-hydrogen) atoms. The lowest BCUT2D eigenvalue weighted by Gasteiger charge is -2.31. The Labute approximate surface area is 118 Å². The standard InChI is InChI=1S/C14H22N2O2S/c1-13(2,3)10-9(11(17)18)19-12(15-10)16-8-6-7-14(16,4)5/h6-8H2,1-5H3,(H,17,18). The Balaban J connectivity index is 2.47. The van der Waals surface area contributed by atoms with Crippen molar-refractivity contribution in [2.75, 3.05) is 11.4 Å². The molecule has 0 bridgehead atoms. The third kappa shape index (κ3) is 2.61. The first kappa shape index (κ1) is 14.3. The average Bonchev–Trinajstić information content (AvgIpc) is 2.79. The minimum atomic E-state index is -0.870. The van der Waals surface area contributed by atoms with E-state index < -0.39 is 5.97 Å². The van der Waals surface area contributed by atoms with E-state index in [9.17, 15) is 9.90 Å². The van der Waals surface area contributed by atoms with Crippen LogP contribution in [0.15, 0.2) is 0 Å². The van der Waals surface area contributed by atoms with Gasteiger partial charge in [-0.05, 0) is 26.7 Å². The fourth-order valence-corrected chi connectivity index (χ4v) is 3.84. The fourth-order valence-electron chi connectivity index (χ4n) is 2.54. The summed E-state index contributed by atoms with van der Waals surface area (Å²) in [5.74, 6) is -0.870. The Bertz CT molecular complexity index is 500. The quantitative estimate of drug-likeness (QED) is 0.901. The van der Waals surface area contributed by atoms with Gasteiger partial charge in [0.25, 0.3) is 0 Å². The molecule has 5 heteroatoms. The molecule has 0 aliphatic carbocycles. The molecule has 0 amide bonds. The molecule has 0 saturated carbocycles. The highest BCUT2D eigenvalue weighted by Crippen LogP contribution is 2.39. The number of carboxylic acids is 1. The molecular formula is C14H22N2O2S. The van der Waals surface area contributed by atoms with Crippen LogP contribution in [0, 0.1) is 0 Å². The van der Waals surface area contributed by atoms with E-state index in [0.29, 0.717) is 10.6 Å². The molecule has 1 aliphatic rings. The first-order valence-corrected chi connectivity index (χ1v) is 7.47. The van der Waals surface area contributed by atoms with Crippen molar-refractivity contribution in [1.82, 2.24) is 4.98 Å². The summed E-state index contributed by atoms with van der Waals surface area (Å²) in [6.07, 6.45) is 2.26. The summed E-state index contributed by atoms with van der Waals surface area (Å²) in [6, 6.07) is 0. The zero-order valence-corrected chi connectivity index (χ0v) is 13.1. The molecule has 2 heterocycles. The van der Waals surface area contributed by atoms with Gasteiger partial charge in [0.2, 0.25) is 0 Å². The third-order valence-electron chi connectivity index (χ3n) is 3.65. The van der Waals surface area contributed by atoms with Gasteiger partial charge >= 0.3 is 5.97 Å². The zero-order chi connectivity index (χ0) is 14.4. The van der Waals surface area contributed by atoms with Gasteiger partial charge in [0.1, 0.15) is 4.88 Å². The number of carboxylic acid groups (broad SMARTS) is 1. The number of rotatable bonds is 2. The Morgan fingerprint density at radius 3 is 2.42 bits per heavy atom. The second kappa shape index (κ2) is 4.47. The summed E-state index contributed by atoms with van der Waals surface area (Å²) in [5.41, 5.74) is 0.525.